The average molecular weight is 432 g/mol. The molecule has 0 bridgehead atoms. The highest BCUT2D eigenvalue weighted by atomic mass is 16.2. The molecule has 3 aliphatic heterocycles. The van der Waals surface area contributed by atoms with Crippen molar-refractivity contribution in [2.24, 2.45) is 0 Å². The molecular weight excluding hydrogens is 412 g/mol. The van der Waals surface area contributed by atoms with Gasteiger partial charge in [0.2, 0.25) is 11.8 Å². The maximum atomic E-state index is 12.9. The number of nitrogens with zero attached hydrogens (tertiary/aromatic N) is 1. The molecule has 0 spiro atoms. The molecule has 5 amide bonds. The first-order valence-corrected chi connectivity index (χ1v) is 10.4. The second-order valence-corrected chi connectivity index (χ2v) is 8.09. The van der Waals surface area contributed by atoms with Crippen LogP contribution in [-0.4, -0.2) is 40.5 Å². The number of nitrogens with one attached hydrogen (secondary N) is 3. The normalized spacial score (nSPS) is 19.4. The van der Waals surface area contributed by atoms with E-state index in [0.29, 0.717) is 41.8 Å². The Labute approximate surface area is 183 Å². The first-order valence-electron chi connectivity index (χ1n) is 10.4. The van der Waals surface area contributed by atoms with Gasteiger partial charge in [-0.15, -0.1) is 0 Å². The summed E-state index contributed by atoms with van der Waals surface area (Å²) in [7, 11) is 0. The Morgan fingerprint density at radius 2 is 1.94 bits per heavy atom. The lowest BCUT2D eigenvalue weighted by molar-refractivity contribution is -0.136. The van der Waals surface area contributed by atoms with Gasteiger partial charge in [0.25, 0.3) is 17.7 Å². The molecule has 0 aliphatic carbocycles. The number of hydrogen-bond donors (Lipinski definition) is 3. The van der Waals surface area contributed by atoms with Crippen LogP contribution in [0.3, 0.4) is 0 Å². The number of benzene rings is 2. The summed E-state index contributed by atoms with van der Waals surface area (Å²) in [6.07, 6.45) is 0.518. The molecule has 9 heteroatoms. The molecule has 3 N–H and O–H groups in total. The first-order chi connectivity index (χ1) is 15.4. The van der Waals surface area contributed by atoms with E-state index in [2.05, 4.69) is 16.0 Å². The number of piperidine rings is 1. The van der Waals surface area contributed by atoms with Gasteiger partial charge in [0.15, 0.2) is 0 Å². The molecule has 1 saturated heterocycles. The molecule has 9 nitrogen and oxygen atoms in total. The van der Waals surface area contributed by atoms with Gasteiger partial charge in [-0.2, -0.15) is 0 Å². The van der Waals surface area contributed by atoms with E-state index in [4.69, 9.17) is 0 Å². The van der Waals surface area contributed by atoms with Crippen molar-refractivity contribution in [3.05, 3.63) is 69.8 Å². The van der Waals surface area contributed by atoms with Crippen molar-refractivity contribution in [3.8, 4) is 0 Å². The van der Waals surface area contributed by atoms with Gasteiger partial charge in [0.05, 0.1) is 0 Å². The van der Waals surface area contributed by atoms with Crippen LogP contribution in [0, 0.1) is 0 Å². The Balaban J connectivity index is 1.29. The van der Waals surface area contributed by atoms with Crippen LogP contribution in [0.15, 0.2) is 36.4 Å². The zero-order chi connectivity index (χ0) is 22.4. The smallest absolute Gasteiger partial charge is 0.255 e. The van der Waals surface area contributed by atoms with E-state index in [-0.39, 0.29) is 36.6 Å². The van der Waals surface area contributed by atoms with Crippen LogP contribution >= 0.6 is 0 Å². The van der Waals surface area contributed by atoms with Crippen LogP contribution < -0.4 is 16.0 Å². The standard InChI is InChI=1S/C23H20N4O5/c28-19-7-6-18(22(31)26-19)27-11-13-5-4-12(8-16(13)23(27)32)9-24-20(29)14-2-1-3-15-17(14)10-25-21(15)30/h1-5,8,18H,6-7,9-11H2,(H,24,29)(H,25,30)(H,26,28,31). The topological polar surface area (TPSA) is 125 Å². The average Bonchev–Trinajstić information content (AvgIpc) is 3.32. The summed E-state index contributed by atoms with van der Waals surface area (Å²) in [4.78, 5) is 62.5. The van der Waals surface area contributed by atoms with E-state index in [9.17, 15) is 24.0 Å². The highest BCUT2D eigenvalue weighted by Crippen LogP contribution is 2.28. The molecule has 0 radical (unpaired) electrons. The van der Waals surface area contributed by atoms with E-state index >= 15 is 0 Å². The number of hydrogen-bond acceptors (Lipinski definition) is 5. The summed E-state index contributed by atoms with van der Waals surface area (Å²) < 4.78 is 0. The molecule has 3 aliphatic rings. The van der Waals surface area contributed by atoms with Crippen LogP contribution in [0.25, 0.3) is 0 Å². The fourth-order valence-electron chi connectivity index (χ4n) is 4.46. The minimum absolute atomic E-state index is 0.188. The maximum Gasteiger partial charge on any atom is 0.255 e. The van der Waals surface area contributed by atoms with Crippen LogP contribution in [0.5, 0.6) is 0 Å². The summed E-state index contributed by atoms with van der Waals surface area (Å²) in [5, 5.41) is 7.85. The summed E-state index contributed by atoms with van der Waals surface area (Å²) in [5.41, 5.74) is 3.69. The second-order valence-electron chi connectivity index (χ2n) is 8.09. The highest BCUT2D eigenvalue weighted by molar-refractivity contribution is 6.06. The van der Waals surface area contributed by atoms with Crippen molar-refractivity contribution < 1.29 is 24.0 Å². The fraction of sp³-hybridized carbons (Fsp3) is 0.261. The fourth-order valence-corrected chi connectivity index (χ4v) is 4.46. The summed E-state index contributed by atoms with van der Waals surface area (Å²) in [6, 6.07) is 9.77. The Morgan fingerprint density at radius 3 is 2.75 bits per heavy atom. The third kappa shape index (κ3) is 3.31. The van der Waals surface area contributed by atoms with Gasteiger partial charge in [0, 0.05) is 42.7 Å². The molecule has 32 heavy (non-hydrogen) atoms. The number of carbonyl (C=O) groups excluding carboxylic acids is 5. The molecule has 0 saturated carbocycles. The van der Waals surface area contributed by atoms with Gasteiger partial charge in [-0.1, -0.05) is 18.2 Å². The lowest BCUT2D eigenvalue weighted by atomic mass is 10.0. The van der Waals surface area contributed by atoms with E-state index in [0.717, 1.165) is 11.1 Å². The largest absolute Gasteiger partial charge is 0.348 e. The number of imide groups is 1. The summed E-state index contributed by atoms with van der Waals surface area (Å²) >= 11 is 0. The zero-order valence-corrected chi connectivity index (χ0v) is 17.1. The molecule has 3 heterocycles. The molecule has 2 aromatic carbocycles. The Morgan fingerprint density at radius 1 is 1.09 bits per heavy atom. The van der Waals surface area contributed by atoms with Crippen LogP contribution in [0.2, 0.25) is 0 Å². The van der Waals surface area contributed by atoms with Crippen molar-refractivity contribution >= 4 is 29.5 Å². The van der Waals surface area contributed by atoms with Gasteiger partial charge >= 0.3 is 0 Å². The molecule has 1 unspecified atom stereocenters. The number of rotatable bonds is 4. The van der Waals surface area contributed by atoms with Crippen LogP contribution in [-0.2, 0) is 29.2 Å². The zero-order valence-electron chi connectivity index (χ0n) is 17.1. The maximum absolute atomic E-state index is 12.9. The molecule has 1 fully saturated rings. The predicted octanol–water partition coefficient (Wildman–Crippen LogP) is 0.621. The SMILES string of the molecule is O=C1CCC(N2Cc3ccc(CNC(=O)c4cccc5c4CNC5=O)cc3C2=O)C(=O)N1. The quantitative estimate of drug-likeness (QED) is 0.611. The van der Waals surface area contributed by atoms with Crippen molar-refractivity contribution in [1.29, 1.82) is 0 Å². The van der Waals surface area contributed by atoms with E-state index in [1.165, 1.54) is 4.90 Å². The van der Waals surface area contributed by atoms with Gasteiger partial charge in [0.1, 0.15) is 6.04 Å². The molecule has 1 atom stereocenters. The monoisotopic (exact) mass is 432 g/mol. The Hall–Kier alpha value is -4.01. The molecule has 2 aromatic rings. The summed E-state index contributed by atoms with van der Waals surface area (Å²) in [6.45, 7) is 0.842. The minimum atomic E-state index is -0.660. The van der Waals surface area contributed by atoms with Gasteiger partial charge < -0.3 is 15.5 Å². The van der Waals surface area contributed by atoms with Crippen LogP contribution in [0.1, 0.15) is 60.6 Å². The summed E-state index contributed by atoms with van der Waals surface area (Å²) in [5.74, 6) is -1.51. The number of carbonyl (C=O) groups is 5. The molecule has 5 rings (SSSR count). The van der Waals surface area contributed by atoms with Crippen LogP contribution in [0.4, 0.5) is 0 Å². The van der Waals surface area contributed by atoms with E-state index in [1.54, 1.807) is 24.3 Å². The van der Waals surface area contributed by atoms with Gasteiger partial charge in [-0.05, 0) is 41.3 Å². The second kappa shape index (κ2) is 7.60. The van der Waals surface area contributed by atoms with E-state index < -0.39 is 11.9 Å². The third-order valence-electron chi connectivity index (χ3n) is 6.14. The Kier molecular flexibility index (Phi) is 4.73. The highest BCUT2D eigenvalue weighted by Gasteiger charge is 2.39. The first kappa shape index (κ1) is 19.9. The number of fused-ring (bicyclic) bond motifs is 2. The van der Waals surface area contributed by atoms with Gasteiger partial charge in [-0.25, -0.2) is 0 Å². The number of amides is 5. The molecule has 162 valence electrons. The van der Waals surface area contributed by atoms with Crippen molar-refractivity contribution in [2.75, 3.05) is 0 Å². The lowest BCUT2D eigenvalue weighted by Gasteiger charge is -2.29. The molecular formula is C23H20N4O5. The third-order valence-corrected chi connectivity index (χ3v) is 6.14. The predicted molar refractivity (Wildman–Crippen MR) is 111 cm³/mol. The Bertz CT molecular complexity index is 1200. The molecule has 0 aromatic heterocycles. The van der Waals surface area contributed by atoms with Crippen molar-refractivity contribution in [3.63, 3.8) is 0 Å². The minimum Gasteiger partial charge on any atom is -0.348 e. The van der Waals surface area contributed by atoms with Gasteiger partial charge in [-0.3, -0.25) is 29.3 Å². The van der Waals surface area contributed by atoms with E-state index in [1.807, 2.05) is 12.1 Å². The van der Waals surface area contributed by atoms with Crippen molar-refractivity contribution in [2.45, 2.75) is 38.5 Å². The van der Waals surface area contributed by atoms with Crippen molar-refractivity contribution in [1.82, 2.24) is 20.9 Å². The lowest BCUT2D eigenvalue weighted by Crippen LogP contribution is -2.52.